The van der Waals surface area contributed by atoms with E-state index in [1.165, 1.54) is 0 Å². The molecule has 2 amide bonds. The SMILES string of the molecule is CC(C)(C)OC(=O)N(Nc1ccc2cnccc2c1)C(=O)OC(C)(C)C. The Labute approximate surface area is 153 Å². The van der Waals surface area contributed by atoms with Gasteiger partial charge in [0.15, 0.2) is 0 Å². The fourth-order valence-electron chi connectivity index (χ4n) is 2.06. The number of carbonyl (C=O) groups is 2. The predicted octanol–water partition coefficient (Wildman–Crippen LogP) is 4.73. The van der Waals surface area contributed by atoms with Crippen molar-refractivity contribution in [2.24, 2.45) is 0 Å². The van der Waals surface area contributed by atoms with Gasteiger partial charge in [-0.2, -0.15) is 0 Å². The van der Waals surface area contributed by atoms with Crippen molar-refractivity contribution in [2.45, 2.75) is 52.7 Å². The van der Waals surface area contributed by atoms with Crippen molar-refractivity contribution in [3.8, 4) is 0 Å². The molecule has 0 fully saturated rings. The van der Waals surface area contributed by atoms with Crippen LogP contribution >= 0.6 is 0 Å². The molecule has 0 spiro atoms. The molecule has 0 aliphatic rings. The standard InChI is InChI=1S/C19H25N3O4/c1-18(2,3)25-16(23)22(17(24)26-19(4,5)6)21-15-8-7-14-12-20-10-9-13(14)11-15/h7-12,21H,1-6H3. The Kier molecular flexibility index (Phi) is 5.39. The van der Waals surface area contributed by atoms with Gasteiger partial charge in [-0.25, -0.2) is 9.59 Å². The molecule has 26 heavy (non-hydrogen) atoms. The van der Waals surface area contributed by atoms with Crippen LogP contribution in [0, 0.1) is 0 Å². The lowest BCUT2D eigenvalue weighted by atomic mass is 10.1. The number of hydrogen-bond acceptors (Lipinski definition) is 6. The van der Waals surface area contributed by atoms with Crippen LogP contribution in [-0.2, 0) is 9.47 Å². The van der Waals surface area contributed by atoms with Crippen LogP contribution < -0.4 is 5.43 Å². The fourth-order valence-corrected chi connectivity index (χ4v) is 2.06. The van der Waals surface area contributed by atoms with Gasteiger partial charge in [-0.15, -0.1) is 5.01 Å². The Bertz CT molecular complexity index is 778. The van der Waals surface area contributed by atoms with Crippen molar-refractivity contribution >= 4 is 28.6 Å². The summed E-state index contributed by atoms with van der Waals surface area (Å²) in [6.07, 6.45) is 1.72. The molecule has 140 valence electrons. The maximum absolute atomic E-state index is 12.5. The number of carbonyl (C=O) groups excluding carboxylic acids is 2. The third-order valence-electron chi connectivity index (χ3n) is 3.03. The van der Waals surface area contributed by atoms with E-state index in [0.717, 1.165) is 15.8 Å². The van der Waals surface area contributed by atoms with Crippen molar-refractivity contribution < 1.29 is 19.1 Å². The molecule has 0 bridgehead atoms. The summed E-state index contributed by atoms with van der Waals surface area (Å²) in [4.78, 5) is 29.0. The van der Waals surface area contributed by atoms with Crippen LogP contribution in [0.3, 0.4) is 0 Å². The molecule has 0 aliphatic heterocycles. The highest BCUT2D eigenvalue weighted by Crippen LogP contribution is 2.20. The zero-order valence-electron chi connectivity index (χ0n) is 16.0. The number of benzene rings is 1. The number of amides is 2. The molecule has 0 atom stereocenters. The van der Waals surface area contributed by atoms with E-state index in [2.05, 4.69) is 10.4 Å². The number of nitrogens with one attached hydrogen (secondary N) is 1. The maximum Gasteiger partial charge on any atom is 0.439 e. The predicted molar refractivity (Wildman–Crippen MR) is 99.7 cm³/mol. The van der Waals surface area contributed by atoms with Crippen molar-refractivity contribution in [1.29, 1.82) is 0 Å². The zero-order valence-corrected chi connectivity index (χ0v) is 16.0. The minimum absolute atomic E-state index is 0.542. The second-order valence-corrected chi connectivity index (χ2v) is 7.85. The van der Waals surface area contributed by atoms with E-state index in [-0.39, 0.29) is 0 Å². The molecule has 0 unspecified atom stereocenters. The Morgan fingerprint density at radius 3 is 2.04 bits per heavy atom. The van der Waals surface area contributed by atoms with Gasteiger partial charge >= 0.3 is 12.2 Å². The molecule has 2 rings (SSSR count). The molecule has 7 heteroatoms. The lowest BCUT2D eigenvalue weighted by molar-refractivity contribution is 0.00643. The number of rotatable bonds is 2. The van der Waals surface area contributed by atoms with Crippen LogP contribution in [0.5, 0.6) is 0 Å². The smallest absolute Gasteiger partial charge is 0.439 e. The van der Waals surface area contributed by atoms with E-state index in [1.807, 2.05) is 12.1 Å². The summed E-state index contributed by atoms with van der Waals surface area (Å²) in [6.45, 7) is 10.3. The number of hydrazine groups is 1. The third kappa shape index (κ3) is 5.61. The second-order valence-electron chi connectivity index (χ2n) is 7.85. The van der Waals surface area contributed by atoms with E-state index in [9.17, 15) is 9.59 Å². The number of pyridine rings is 1. The van der Waals surface area contributed by atoms with Crippen molar-refractivity contribution in [1.82, 2.24) is 9.99 Å². The van der Waals surface area contributed by atoms with Crippen molar-refractivity contribution in [3.05, 3.63) is 36.7 Å². The number of fused-ring (bicyclic) bond motifs is 1. The average Bonchev–Trinajstić information content (AvgIpc) is 2.48. The fraction of sp³-hybridized carbons (Fsp3) is 0.421. The molecule has 0 radical (unpaired) electrons. The summed E-state index contributed by atoms with van der Waals surface area (Å²) in [5, 5.41) is 2.59. The highest BCUT2D eigenvalue weighted by atomic mass is 16.6. The summed E-state index contributed by atoms with van der Waals surface area (Å²) in [7, 11) is 0. The van der Waals surface area contributed by atoms with Gasteiger partial charge in [0, 0.05) is 17.8 Å². The van der Waals surface area contributed by atoms with Crippen LogP contribution in [-0.4, -0.2) is 33.4 Å². The van der Waals surface area contributed by atoms with Crippen LogP contribution in [0.2, 0.25) is 0 Å². The molecule has 0 saturated heterocycles. The van der Waals surface area contributed by atoms with Crippen LogP contribution in [0.25, 0.3) is 10.8 Å². The minimum Gasteiger partial charge on any atom is -0.442 e. The summed E-state index contributed by atoms with van der Waals surface area (Å²) >= 11 is 0. The lowest BCUT2D eigenvalue weighted by Crippen LogP contribution is -2.46. The van der Waals surface area contributed by atoms with E-state index in [1.54, 1.807) is 66.1 Å². The molecule has 0 saturated carbocycles. The largest absolute Gasteiger partial charge is 0.442 e. The quantitative estimate of drug-likeness (QED) is 0.781. The second kappa shape index (κ2) is 7.19. The van der Waals surface area contributed by atoms with Crippen molar-refractivity contribution in [3.63, 3.8) is 0 Å². The third-order valence-corrected chi connectivity index (χ3v) is 3.03. The van der Waals surface area contributed by atoms with Gasteiger partial charge in [0.05, 0.1) is 5.69 Å². The van der Waals surface area contributed by atoms with Gasteiger partial charge < -0.3 is 9.47 Å². The number of nitrogens with zero attached hydrogens (tertiary/aromatic N) is 2. The van der Waals surface area contributed by atoms with Crippen LogP contribution in [0.15, 0.2) is 36.7 Å². The van der Waals surface area contributed by atoms with E-state index in [4.69, 9.17) is 9.47 Å². The summed E-state index contributed by atoms with van der Waals surface area (Å²) in [6, 6.07) is 7.23. The van der Waals surface area contributed by atoms with Crippen LogP contribution in [0.4, 0.5) is 15.3 Å². The van der Waals surface area contributed by atoms with E-state index < -0.39 is 23.4 Å². The monoisotopic (exact) mass is 359 g/mol. The highest BCUT2D eigenvalue weighted by molar-refractivity contribution is 5.91. The first-order chi connectivity index (χ1) is 11.9. The number of hydrogen-bond donors (Lipinski definition) is 1. The topological polar surface area (TPSA) is 80.8 Å². The molecule has 2 aromatic rings. The molecule has 1 aromatic heterocycles. The van der Waals surface area contributed by atoms with Crippen molar-refractivity contribution in [2.75, 3.05) is 5.43 Å². The van der Waals surface area contributed by atoms with E-state index >= 15 is 0 Å². The Morgan fingerprint density at radius 1 is 0.923 bits per heavy atom. The van der Waals surface area contributed by atoms with Gasteiger partial charge in [-0.3, -0.25) is 10.4 Å². The van der Waals surface area contributed by atoms with Gasteiger partial charge in [-0.1, -0.05) is 6.07 Å². The Hall–Kier alpha value is -2.83. The Morgan fingerprint density at radius 2 is 1.50 bits per heavy atom. The molecule has 1 heterocycles. The van der Waals surface area contributed by atoms with Gasteiger partial charge in [-0.05, 0) is 65.1 Å². The van der Waals surface area contributed by atoms with Crippen LogP contribution in [0.1, 0.15) is 41.5 Å². The first kappa shape index (κ1) is 19.5. The highest BCUT2D eigenvalue weighted by Gasteiger charge is 2.31. The van der Waals surface area contributed by atoms with E-state index in [0.29, 0.717) is 5.69 Å². The zero-order chi connectivity index (χ0) is 19.5. The normalized spacial score (nSPS) is 11.8. The summed E-state index contributed by atoms with van der Waals surface area (Å²) < 4.78 is 10.6. The van der Waals surface area contributed by atoms with Gasteiger partial charge in [0.1, 0.15) is 11.2 Å². The number of ether oxygens (including phenoxy) is 2. The first-order valence-electron chi connectivity index (χ1n) is 8.31. The first-order valence-corrected chi connectivity index (χ1v) is 8.31. The summed E-state index contributed by atoms with van der Waals surface area (Å²) in [5.41, 5.74) is 1.81. The molecular formula is C19H25N3O4. The molecular weight excluding hydrogens is 334 g/mol. The van der Waals surface area contributed by atoms with Gasteiger partial charge in [0.2, 0.25) is 0 Å². The Balaban J connectivity index is 2.29. The summed E-state index contributed by atoms with van der Waals surface area (Å²) in [5.74, 6) is 0. The lowest BCUT2D eigenvalue weighted by Gasteiger charge is -2.29. The molecule has 1 aromatic carbocycles. The molecule has 7 nitrogen and oxygen atoms in total. The molecule has 1 N–H and O–H groups in total. The van der Waals surface area contributed by atoms with Gasteiger partial charge in [0.25, 0.3) is 0 Å². The number of imide groups is 1. The average molecular weight is 359 g/mol. The molecule has 0 aliphatic carbocycles. The number of aromatic nitrogens is 1. The minimum atomic E-state index is -0.846. The number of anilines is 1. The maximum atomic E-state index is 12.5.